The van der Waals surface area contributed by atoms with Gasteiger partial charge in [0.05, 0.1) is 0 Å². The molecular weight excluding hydrogens is 508 g/mol. The van der Waals surface area contributed by atoms with E-state index in [2.05, 4.69) is 12.6 Å². The van der Waals surface area contributed by atoms with Gasteiger partial charge >= 0.3 is 6.18 Å². The highest BCUT2D eigenvalue weighted by Crippen LogP contribution is 2.48. The molecule has 0 heterocycles. The molecule has 0 radical (unpaired) electrons. The summed E-state index contributed by atoms with van der Waals surface area (Å²) in [4.78, 5) is 25.6. The molecule has 0 bridgehead atoms. The van der Waals surface area contributed by atoms with E-state index in [-0.39, 0.29) is 26.7 Å². The SMILES string of the molecule is Cc1cc(C(=O)CC(S)(c2cc(Cl)cc(Cl)c2)C(F)(F)F)ccc1C(=O)C(O)c1ccccc1. The minimum atomic E-state index is -4.90. The molecule has 178 valence electrons. The lowest BCUT2D eigenvalue weighted by Gasteiger charge is -2.31. The molecule has 0 spiro atoms. The molecule has 0 amide bonds. The number of carbonyl (C=O) groups excluding carboxylic acids is 2. The number of benzene rings is 3. The zero-order chi connectivity index (χ0) is 25.3. The van der Waals surface area contributed by atoms with Gasteiger partial charge in [-0.05, 0) is 47.9 Å². The van der Waals surface area contributed by atoms with Crippen LogP contribution in [0.2, 0.25) is 10.0 Å². The molecule has 2 atom stereocenters. The lowest BCUT2D eigenvalue weighted by atomic mass is 9.88. The highest BCUT2D eigenvalue weighted by molar-refractivity contribution is 7.81. The average molecular weight is 527 g/mol. The van der Waals surface area contributed by atoms with Crippen molar-refractivity contribution in [1.82, 2.24) is 0 Å². The average Bonchev–Trinajstić information content (AvgIpc) is 2.77. The van der Waals surface area contributed by atoms with E-state index in [4.69, 9.17) is 23.2 Å². The van der Waals surface area contributed by atoms with Crippen LogP contribution in [0.5, 0.6) is 0 Å². The molecule has 34 heavy (non-hydrogen) atoms. The van der Waals surface area contributed by atoms with E-state index in [1.165, 1.54) is 31.2 Å². The van der Waals surface area contributed by atoms with Crippen molar-refractivity contribution in [2.75, 3.05) is 0 Å². The van der Waals surface area contributed by atoms with Crippen LogP contribution < -0.4 is 0 Å². The van der Waals surface area contributed by atoms with Crippen molar-refractivity contribution >= 4 is 47.4 Å². The van der Waals surface area contributed by atoms with E-state index in [0.29, 0.717) is 11.1 Å². The summed E-state index contributed by atoms with van der Waals surface area (Å²) in [7, 11) is 0. The number of Topliss-reactive ketones (excluding diaryl/α,β-unsaturated/α-hetero) is 2. The first-order valence-electron chi connectivity index (χ1n) is 10.0. The Morgan fingerprint density at radius 1 is 0.971 bits per heavy atom. The van der Waals surface area contributed by atoms with Crippen LogP contribution in [0, 0.1) is 6.92 Å². The summed E-state index contributed by atoms with van der Waals surface area (Å²) in [6.45, 7) is 1.54. The number of aliphatic hydroxyl groups is 1. The van der Waals surface area contributed by atoms with Gasteiger partial charge in [0.1, 0.15) is 10.9 Å². The molecule has 0 saturated heterocycles. The second-order valence-corrected chi connectivity index (χ2v) is 9.46. The largest absolute Gasteiger partial charge is 0.407 e. The lowest BCUT2D eigenvalue weighted by Crippen LogP contribution is -2.39. The van der Waals surface area contributed by atoms with Gasteiger partial charge in [0.15, 0.2) is 11.6 Å². The number of hydrogen-bond acceptors (Lipinski definition) is 4. The molecule has 3 aromatic carbocycles. The van der Waals surface area contributed by atoms with Gasteiger partial charge in [-0.1, -0.05) is 65.7 Å². The van der Waals surface area contributed by atoms with Gasteiger partial charge in [0.25, 0.3) is 0 Å². The Morgan fingerprint density at radius 2 is 1.56 bits per heavy atom. The number of carbonyl (C=O) groups is 2. The fourth-order valence-electron chi connectivity index (χ4n) is 3.54. The fraction of sp³-hybridized carbons (Fsp3) is 0.200. The second-order valence-electron chi connectivity index (χ2n) is 7.82. The molecule has 0 aliphatic carbocycles. The Bertz CT molecular complexity index is 1210. The third kappa shape index (κ3) is 5.49. The standard InChI is InChI=1S/C25H19Cl2F3O3S/c1-14-9-16(7-8-20(14)23(33)22(32)15-5-3-2-4-6-15)21(31)13-24(34,25(28,29)30)17-10-18(26)12-19(27)11-17/h2-12,22,32,34H,13H2,1H3. The highest BCUT2D eigenvalue weighted by Gasteiger charge is 2.54. The summed E-state index contributed by atoms with van der Waals surface area (Å²) in [5, 5.41) is 10.3. The van der Waals surface area contributed by atoms with E-state index < -0.39 is 35.0 Å². The van der Waals surface area contributed by atoms with Gasteiger partial charge in [0, 0.05) is 27.6 Å². The van der Waals surface area contributed by atoms with Gasteiger partial charge in [-0.2, -0.15) is 25.8 Å². The van der Waals surface area contributed by atoms with Gasteiger partial charge in [-0.25, -0.2) is 0 Å². The van der Waals surface area contributed by atoms with Crippen molar-refractivity contribution in [1.29, 1.82) is 0 Å². The summed E-state index contributed by atoms with van der Waals surface area (Å²) < 4.78 is 39.3. The predicted octanol–water partition coefficient (Wildman–Crippen LogP) is 7.18. The van der Waals surface area contributed by atoms with Gasteiger partial charge in [0.2, 0.25) is 0 Å². The van der Waals surface area contributed by atoms with Crippen LogP contribution in [0.25, 0.3) is 0 Å². The first kappa shape index (κ1) is 26.3. The molecule has 0 aliphatic rings. The van der Waals surface area contributed by atoms with Crippen LogP contribution in [0.15, 0.2) is 66.7 Å². The maximum Gasteiger partial charge on any atom is 0.407 e. The molecule has 0 fully saturated rings. The molecule has 0 aliphatic heterocycles. The summed E-state index contributed by atoms with van der Waals surface area (Å²) in [5.74, 6) is -1.43. The normalized spacial score (nSPS) is 14.4. The predicted molar refractivity (Wildman–Crippen MR) is 129 cm³/mol. The number of aryl methyl sites for hydroxylation is 1. The smallest absolute Gasteiger partial charge is 0.380 e. The maximum atomic E-state index is 14.0. The molecular formula is C25H19Cl2F3O3S. The molecule has 3 aromatic rings. The first-order valence-corrected chi connectivity index (χ1v) is 11.2. The van der Waals surface area contributed by atoms with E-state index in [0.717, 1.165) is 12.1 Å². The van der Waals surface area contributed by atoms with Crippen molar-refractivity contribution in [3.8, 4) is 0 Å². The molecule has 0 saturated carbocycles. The zero-order valence-corrected chi connectivity index (χ0v) is 20.1. The maximum absolute atomic E-state index is 14.0. The Labute approximate surface area is 209 Å². The van der Waals surface area contributed by atoms with Gasteiger partial charge in [-0.3, -0.25) is 9.59 Å². The lowest BCUT2D eigenvalue weighted by molar-refractivity contribution is -0.160. The number of hydrogen-bond donors (Lipinski definition) is 2. The fourth-order valence-corrected chi connectivity index (χ4v) is 4.34. The minimum absolute atomic E-state index is 0.0201. The summed E-state index contributed by atoms with van der Waals surface area (Å²) in [5.41, 5.74) is 0.510. The molecule has 3 nitrogen and oxygen atoms in total. The Kier molecular flexibility index (Phi) is 7.82. The van der Waals surface area contributed by atoms with E-state index in [1.54, 1.807) is 30.3 Å². The van der Waals surface area contributed by atoms with Crippen LogP contribution in [-0.4, -0.2) is 22.8 Å². The summed E-state index contributed by atoms with van der Waals surface area (Å²) in [6.07, 6.45) is -7.33. The molecule has 3 rings (SSSR count). The number of thiol groups is 1. The number of ketones is 2. The highest BCUT2D eigenvalue weighted by atomic mass is 35.5. The Morgan fingerprint density at radius 3 is 2.09 bits per heavy atom. The quantitative estimate of drug-likeness (QED) is 0.253. The zero-order valence-electron chi connectivity index (χ0n) is 17.7. The van der Waals surface area contributed by atoms with E-state index in [1.807, 2.05) is 0 Å². The number of aliphatic hydroxyl groups excluding tert-OH is 1. The third-order valence-corrected chi connectivity index (χ3v) is 6.51. The summed E-state index contributed by atoms with van der Waals surface area (Å²) >= 11 is 15.6. The van der Waals surface area contributed by atoms with Crippen LogP contribution in [0.1, 0.15) is 49.9 Å². The number of halogens is 5. The molecule has 0 aromatic heterocycles. The van der Waals surface area contributed by atoms with E-state index in [9.17, 15) is 27.9 Å². The van der Waals surface area contributed by atoms with Crippen molar-refractivity contribution in [3.05, 3.63) is 105 Å². The Hall–Kier alpha value is -2.32. The monoisotopic (exact) mass is 526 g/mol. The van der Waals surface area contributed by atoms with Gasteiger partial charge < -0.3 is 5.11 Å². The second kappa shape index (κ2) is 10.1. The minimum Gasteiger partial charge on any atom is -0.380 e. The van der Waals surface area contributed by atoms with Crippen molar-refractivity contribution < 1.29 is 27.9 Å². The molecule has 2 unspecified atom stereocenters. The Balaban J connectivity index is 1.90. The van der Waals surface area contributed by atoms with Crippen molar-refractivity contribution in [2.45, 2.75) is 30.4 Å². The third-order valence-electron chi connectivity index (χ3n) is 5.40. The van der Waals surface area contributed by atoms with Crippen molar-refractivity contribution in [3.63, 3.8) is 0 Å². The topological polar surface area (TPSA) is 54.4 Å². The molecule has 9 heteroatoms. The summed E-state index contributed by atoms with van der Waals surface area (Å²) in [6, 6.07) is 15.6. The molecule has 1 N–H and O–H groups in total. The van der Waals surface area contributed by atoms with Gasteiger partial charge in [-0.15, -0.1) is 0 Å². The van der Waals surface area contributed by atoms with Crippen LogP contribution in [0.4, 0.5) is 13.2 Å². The van der Waals surface area contributed by atoms with Crippen LogP contribution >= 0.6 is 35.8 Å². The van der Waals surface area contributed by atoms with Crippen LogP contribution in [0.3, 0.4) is 0 Å². The van der Waals surface area contributed by atoms with E-state index >= 15 is 0 Å². The van der Waals surface area contributed by atoms with Crippen molar-refractivity contribution in [2.24, 2.45) is 0 Å². The number of alkyl halides is 3. The van der Waals surface area contributed by atoms with Crippen LogP contribution in [-0.2, 0) is 4.75 Å². The first-order chi connectivity index (χ1) is 15.8. The number of rotatable bonds is 7.